The number of likely N-dealkylation sites (tertiary alicyclic amines) is 1. The molecule has 0 unspecified atom stereocenters. The zero-order valence-corrected chi connectivity index (χ0v) is 10.9. The molecule has 0 bridgehead atoms. The molecule has 1 atom stereocenters. The van der Waals surface area contributed by atoms with Crippen molar-refractivity contribution in [3.63, 3.8) is 0 Å². The van der Waals surface area contributed by atoms with E-state index in [9.17, 15) is 9.59 Å². The summed E-state index contributed by atoms with van der Waals surface area (Å²) in [4.78, 5) is 26.7. The Labute approximate surface area is 103 Å². The lowest BCUT2D eigenvalue weighted by molar-refractivity contribution is -0.148. The Bertz CT molecular complexity index is 281. The van der Waals surface area contributed by atoms with Crippen molar-refractivity contribution in [1.29, 1.82) is 0 Å². The third kappa shape index (κ3) is 4.00. The predicted octanol–water partition coefficient (Wildman–Crippen LogP) is 0.492. The average molecular weight is 242 g/mol. The number of amides is 1. The summed E-state index contributed by atoms with van der Waals surface area (Å²) >= 11 is 0. The molecule has 17 heavy (non-hydrogen) atoms. The van der Waals surface area contributed by atoms with Gasteiger partial charge in [0, 0.05) is 26.1 Å². The van der Waals surface area contributed by atoms with E-state index in [1.807, 2.05) is 23.8 Å². The zero-order valence-electron chi connectivity index (χ0n) is 10.9. The Morgan fingerprint density at radius 1 is 1.59 bits per heavy atom. The first kappa shape index (κ1) is 14.0. The Morgan fingerprint density at radius 2 is 2.29 bits per heavy atom. The van der Waals surface area contributed by atoms with Crippen molar-refractivity contribution in [2.75, 3.05) is 33.3 Å². The minimum Gasteiger partial charge on any atom is -0.465 e. The molecule has 0 radical (unpaired) electrons. The van der Waals surface area contributed by atoms with Crippen molar-refractivity contribution in [1.82, 2.24) is 9.80 Å². The molecule has 1 amide bonds. The highest BCUT2D eigenvalue weighted by Gasteiger charge is 2.23. The molecule has 1 heterocycles. The lowest BCUT2D eigenvalue weighted by Gasteiger charge is -2.25. The number of esters is 1. The van der Waals surface area contributed by atoms with Crippen LogP contribution in [0, 0.1) is 0 Å². The third-order valence-corrected chi connectivity index (χ3v) is 3.18. The van der Waals surface area contributed by atoms with Gasteiger partial charge < -0.3 is 9.64 Å². The summed E-state index contributed by atoms with van der Waals surface area (Å²) in [5.74, 6) is 0.0185. The van der Waals surface area contributed by atoms with Gasteiger partial charge in [0.15, 0.2) is 0 Å². The van der Waals surface area contributed by atoms with Crippen molar-refractivity contribution in [3.05, 3.63) is 0 Å². The molecule has 5 nitrogen and oxygen atoms in total. The van der Waals surface area contributed by atoms with Crippen LogP contribution in [-0.2, 0) is 14.3 Å². The maximum atomic E-state index is 11.5. The fourth-order valence-corrected chi connectivity index (χ4v) is 1.86. The largest absolute Gasteiger partial charge is 0.465 e. The summed E-state index contributed by atoms with van der Waals surface area (Å²) in [6, 6.07) is -0.257. The highest BCUT2D eigenvalue weighted by molar-refractivity contribution is 5.78. The number of nitrogens with zero attached hydrogens (tertiary/aromatic N) is 2. The van der Waals surface area contributed by atoms with Crippen LogP contribution in [-0.4, -0.2) is 61.0 Å². The first-order chi connectivity index (χ1) is 8.06. The average Bonchev–Trinajstić information content (AvgIpc) is 2.71. The molecule has 5 heteroatoms. The number of rotatable bonds is 6. The molecule has 1 aliphatic heterocycles. The van der Waals surface area contributed by atoms with Crippen LogP contribution in [0.1, 0.15) is 26.7 Å². The molecular formula is C12H22N2O3. The van der Waals surface area contributed by atoms with Gasteiger partial charge in [-0.1, -0.05) is 0 Å². The molecule has 1 rings (SSSR count). The minimum absolute atomic E-state index is 0.206. The summed E-state index contributed by atoms with van der Waals surface area (Å²) in [7, 11) is 1.88. The minimum atomic E-state index is -0.257. The molecule has 0 spiro atoms. The molecule has 1 saturated heterocycles. The molecule has 0 aliphatic carbocycles. The number of ether oxygens (including phenoxy) is 1. The summed E-state index contributed by atoms with van der Waals surface area (Å²) in [5, 5.41) is 0. The zero-order chi connectivity index (χ0) is 12.8. The van der Waals surface area contributed by atoms with Crippen molar-refractivity contribution < 1.29 is 14.3 Å². The van der Waals surface area contributed by atoms with Gasteiger partial charge in [-0.15, -0.1) is 0 Å². The number of carbonyl (C=O) groups excluding carboxylic acids is 2. The van der Waals surface area contributed by atoms with E-state index in [1.54, 1.807) is 6.92 Å². The molecule has 0 aromatic carbocycles. The fourth-order valence-electron chi connectivity index (χ4n) is 1.86. The quantitative estimate of drug-likeness (QED) is 0.636. The van der Waals surface area contributed by atoms with Crippen LogP contribution in [0.25, 0.3) is 0 Å². The number of carbonyl (C=O) groups is 2. The van der Waals surface area contributed by atoms with Gasteiger partial charge >= 0.3 is 5.97 Å². The third-order valence-electron chi connectivity index (χ3n) is 3.18. The van der Waals surface area contributed by atoms with Crippen LogP contribution in [0.5, 0.6) is 0 Å². The van der Waals surface area contributed by atoms with Crippen LogP contribution >= 0.6 is 0 Å². The molecule has 1 aliphatic rings. The second-order valence-electron chi connectivity index (χ2n) is 4.39. The van der Waals surface area contributed by atoms with Crippen molar-refractivity contribution in [2.45, 2.75) is 32.7 Å². The maximum Gasteiger partial charge on any atom is 0.323 e. The monoisotopic (exact) mass is 242 g/mol. The number of hydrogen-bond donors (Lipinski definition) is 0. The van der Waals surface area contributed by atoms with Gasteiger partial charge in [-0.3, -0.25) is 14.5 Å². The highest BCUT2D eigenvalue weighted by Crippen LogP contribution is 2.09. The van der Waals surface area contributed by atoms with Gasteiger partial charge in [-0.2, -0.15) is 0 Å². The Balaban J connectivity index is 2.30. The first-order valence-electron chi connectivity index (χ1n) is 6.21. The van der Waals surface area contributed by atoms with E-state index in [1.165, 1.54) is 0 Å². The van der Waals surface area contributed by atoms with Crippen LogP contribution in [0.3, 0.4) is 0 Å². The standard InChI is InChI=1S/C12H22N2O3/c1-4-17-12(16)10(2)13(3)8-9-14-7-5-6-11(14)15/h10H,4-9H2,1-3H3/t10-/m0/s1. The van der Waals surface area contributed by atoms with E-state index in [0.717, 1.165) is 13.0 Å². The smallest absolute Gasteiger partial charge is 0.323 e. The maximum absolute atomic E-state index is 11.5. The van der Waals surface area contributed by atoms with E-state index >= 15 is 0 Å². The van der Waals surface area contributed by atoms with Gasteiger partial charge in [0.1, 0.15) is 6.04 Å². The van der Waals surface area contributed by atoms with E-state index < -0.39 is 0 Å². The second-order valence-corrected chi connectivity index (χ2v) is 4.39. The number of hydrogen-bond acceptors (Lipinski definition) is 4. The van der Waals surface area contributed by atoms with Gasteiger partial charge in [-0.25, -0.2) is 0 Å². The lowest BCUT2D eigenvalue weighted by Crippen LogP contribution is -2.42. The van der Waals surface area contributed by atoms with E-state index in [4.69, 9.17) is 4.74 Å². The highest BCUT2D eigenvalue weighted by atomic mass is 16.5. The SMILES string of the molecule is CCOC(=O)[C@H](C)N(C)CCN1CCCC1=O. The lowest BCUT2D eigenvalue weighted by atomic mass is 10.3. The number of likely N-dealkylation sites (N-methyl/N-ethyl adjacent to an activating group) is 1. The summed E-state index contributed by atoms with van der Waals surface area (Å²) in [6.45, 7) is 6.27. The van der Waals surface area contributed by atoms with Crippen molar-refractivity contribution in [2.24, 2.45) is 0 Å². The van der Waals surface area contributed by atoms with Crippen LogP contribution < -0.4 is 0 Å². The van der Waals surface area contributed by atoms with Crippen LogP contribution in [0.4, 0.5) is 0 Å². The molecule has 0 saturated carbocycles. The summed E-state index contributed by atoms with van der Waals surface area (Å²) < 4.78 is 4.96. The fraction of sp³-hybridized carbons (Fsp3) is 0.833. The van der Waals surface area contributed by atoms with Crippen LogP contribution in [0.15, 0.2) is 0 Å². The predicted molar refractivity (Wildman–Crippen MR) is 64.5 cm³/mol. The topological polar surface area (TPSA) is 49.9 Å². The molecule has 98 valence electrons. The van der Waals surface area contributed by atoms with E-state index in [2.05, 4.69) is 0 Å². The molecule has 1 fully saturated rings. The summed E-state index contributed by atoms with van der Waals surface area (Å²) in [6.07, 6.45) is 1.62. The molecule has 0 aromatic rings. The molecular weight excluding hydrogens is 220 g/mol. The Morgan fingerprint density at radius 3 is 2.82 bits per heavy atom. The van der Waals surface area contributed by atoms with E-state index in [-0.39, 0.29) is 17.9 Å². The van der Waals surface area contributed by atoms with Crippen molar-refractivity contribution >= 4 is 11.9 Å². The van der Waals surface area contributed by atoms with Gasteiger partial charge in [0.2, 0.25) is 5.91 Å². The molecule has 0 aromatic heterocycles. The van der Waals surface area contributed by atoms with Gasteiger partial charge in [0.05, 0.1) is 6.61 Å². The Kier molecular flexibility index (Phi) is 5.41. The molecule has 0 N–H and O–H groups in total. The normalized spacial score (nSPS) is 17.6. The van der Waals surface area contributed by atoms with Gasteiger partial charge in [0.25, 0.3) is 0 Å². The first-order valence-corrected chi connectivity index (χ1v) is 6.21. The Hall–Kier alpha value is -1.10. The van der Waals surface area contributed by atoms with Crippen molar-refractivity contribution in [3.8, 4) is 0 Å². The van der Waals surface area contributed by atoms with Gasteiger partial charge in [-0.05, 0) is 27.3 Å². The van der Waals surface area contributed by atoms with E-state index in [0.29, 0.717) is 26.1 Å². The summed E-state index contributed by atoms with van der Waals surface area (Å²) in [5.41, 5.74) is 0. The second kappa shape index (κ2) is 6.59. The van der Waals surface area contributed by atoms with Crippen LogP contribution in [0.2, 0.25) is 0 Å².